The number of carbonyl (C=O) groups is 1. The van der Waals surface area contributed by atoms with E-state index in [9.17, 15) is 4.79 Å². The molecule has 1 saturated heterocycles. The molecule has 1 aromatic heterocycles. The van der Waals surface area contributed by atoms with Gasteiger partial charge < -0.3 is 15.4 Å². The van der Waals surface area contributed by atoms with Crippen molar-refractivity contribution < 1.29 is 9.53 Å². The first-order chi connectivity index (χ1) is 13.1. The summed E-state index contributed by atoms with van der Waals surface area (Å²) in [5, 5.41) is 7.28. The highest BCUT2D eigenvalue weighted by Gasteiger charge is 2.50. The van der Waals surface area contributed by atoms with Gasteiger partial charge in [0, 0.05) is 6.54 Å². The highest BCUT2D eigenvalue weighted by Crippen LogP contribution is 2.59. The average Bonchev–Trinajstić information content (AvgIpc) is 3.00. The zero-order valence-corrected chi connectivity index (χ0v) is 17.1. The van der Waals surface area contributed by atoms with Gasteiger partial charge in [-0.25, -0.2) is 4.98 Å². The molecule has 6 rings (SSSR count). The molecule has 27 heavy (non-hydrogen) atoms. The molecule has 0 aromatic carbocycles. The maximum absolute atomic E-state index is 12.9. The molecule has 4 saturated carbocycles. The Balaban J connectivity index is 1.21. The molecule has 0 atom stereocenters. The fourth-order valence-corrected chi connectivity index (χ4v) is 7.44. The monoisotopic (exact) mass is 389 g/mol. The van der Waals surface area contributed by atoms with Crippen LogP contribution in [0, 0.1) is 30.1 Å². The molecule has 2 heterocycles. The van der Waals surface area contributed by atoms with Crippen LogP contribution in [0.25, 0.3) is 0 Å². The second-order valence-corrected chi connectivity index (χ2v) is 10.5. The lowest BCUT2D eigenvalue weighted by Crippen LogP contribution is -2.51. The molecule has 4 aliphatic carbocycles. The van der Waals surface area contributed by atoms with Crippen LogP contribution in [0.15, 0.2) is 0 Å². The van der Waals surface area contributed by atoms with Gasteiger partial charge in [-0.3, -0.25) is 4.79 Å². The van der Waals surface area contributed by atoms with Crippen molar-refractivity contribution in [1.82, 2.24) is 15.6 Å². The summed E-state index contributed by atoms with van der Waals surface area (Å²) < 4.78 is 6.03. The van der Waals surface area contributed by atoms with E-state index in [4.69, 9.17) is 4.74 Å². The van der Waals surface area contributed by atoms with E-state index in [0.29, 0.717) is 10.6 Å². The number of amides is 1. The van der Waals surface area contributed by atoms with Gasteiger partial charge in [0.2, 0.25) is 0 Å². The van der Waals surface area contributed by atoms with E-state index in [0.717, 1.165) is 60.8 Å². The third-order valence-electron chi connectivity index (χ3n) is 7.33. The number of thiazole rings is 1. The summed E-state index contributed by atoms with van der Waals surface area (Å²) in [7, 11) is 0. The Morgan fingerprint density at radius 3 is 2.44 bits per heavy atom. The van der Waals surface area contributed by atoms with Gasteiger partial charge in [-0.15, -0.1) is 0 Å². The van der Waals surface area contributed by atoms with Crippen LogP contribution in [-0.2, 0) is 0 Å². The molecule has 6 heteroatoms. The highest BCUT2D eigenvalue weighted by atomic mass is 32.1. The molecule has 5 fully saturated rings. The maximum atomic E-state index is 12.9. The Morgan fingerprint density at radius 2 is 1.81 bits per heavy atom. The van der Waals surface area contributed by atoms with Crippen LogP contribution in [0.3, 0.4) is 0 Å². The molecule has 5 aliphatic rings. The van der Waals surface area contributed by atoms with Crippen LogP contribution in [-0.4, -0.2) is 36.6 Å². The molecule has 148 valence electrons. The summed E-state index contributed by atoms with van der Waals surface area (Å²) in [4.78, 5) is 18.1. The summed E-state index contributed by atoms with van der Waals surface area (Å²) >= 11 is 1.41. The Bertz CT molecular complexity index is 675. The van der Waals surface area contributed by atoms with Gasteiger partial charge in [0.25, 0.3) is 11.1 Å². The van der Waals surface area contributed by atoms with Crippen molar-refractivity contribution in [3.63, 3.8) is 0 Å². The van der Waals surface area contributed by atoms with Crippen molar-refractivity contribution in [2.24, 2.45) is 23.2 Å². The van der Waals surface area contributed by atoms with Crippen molar-refractivity contribution in [2.45, 2.75) is 64.4 Å². The summed E-state index contributed by atoms with van der Waals surface area (Å²) in [5.74, 6) is 2.80. The van der Waals surface area contributed by atoms with E-state index in [1.54, 1.807) is 0 Å². The number of carbonyl (C=O) groups excluding carboxylic acids is 1. The van der Waals surface area contributed by atoms with Crippen LogP contribution in [0.1, 0.15) is 66.7 Å². The summed E-state index contributed by atoms with van der Waals surface area (Å²) in [6.07, 6.45) is 10.5. The van der Waals surface area contributed by atoms with Gasteiger partial charge in [-0.05, 0) is 94.5 Å². The lowest BCUT2D eigenvalue weighted by atomic mass is 9.49. The average molecular weight is 390 g/mol. The summed E-state index contributed by atoms with van der Waals surface area (Å²) in [6.45, 7) is 4.75. The van der Waals surface area contributed by atoms with Gasteiger partial charge in [-0.2, -0.15) is 0 Å². The molecule has 1 amide bonds. The van der Waals surface area contributed by atoms with E-state index in [1.807, 2.05) is 6.92 Å². The number of nitrogens with one attached hydrogen (secondary N) is 2. The topological polar surface area (TPSA) is 63.2 Å². The first-order valence-corrected chi connectivity index (χ1v) is 11.5. The van der Waals surface area contributed by atoms with Crippen molar-refractivity contribution in [3.05, 3.63) is 10.6 Å². The molecule has 0 spiro atoms. The number of nitrogens with zero attached hydrogens (tertiary/aromatic N) is 1. The fraction of sp³-hybridized carbons (Fsp3) is 0.810. The Kier molecular flexibility index (Phi) is 4.67. The van der Waals surface area contributed by atoms with E-state index >= 15 is 0 Å². The van der Waals surface area contributed by atoms with Gasteiger partial charge in [0.15, 0.2) is 0 Å². The minimum Gasteiger partial charge on any atom is -0.467 e. The van der Waals surface area contributed by atoms with Gasteiger partial charge >= 0.3 is 0 Å². The number of hydrogen-bond acceptors (Lipinski definition) is 5. The Hall–Kier alpha value is -1.14. The molecular formula is C21H31N3O2S. The zero-order chi connectivity index (χ0) is 18.4. The van der Waals surface area contributed by atoms with E-state index in [1.165, 1.54) is 49.9 Å². The lowest BCUT2D eigenvalue weighted by molar-refractivity contribution is -0.0503. The second-order valence-electron chi connectivity index (χ2n) is 9.56. The lowest BCUT2D eigenvalue weighted by Gasteiger charge is -2.56. The van der Waals surface area contributed by atoms with Gasteiger partial charge in [0.1, 0.15) is 11.0 Å². The number of ether oxygens (including phenoxy) is 1. The normalized spacial score (nSPS) is 35.4. The van der Waals surface area contributed by atoms with E-state index in [-0.39, 0.29) is 12.0 Å². The van der Waals surface area contributed by atoms with Crippen molar-refractivity contribution in [3.8, 4) is 5.19 Å². The van der Waals surface area contributed by atoms with Crippen LogP contribution in [0.5, 0.6) is 5.19 Å². The molecule has 5 nitrogen and oxygen atoms in total. The van der Waals surface area contributed by atoms with E-state index in [2.05, 4.69) is 15.6 Å². The molecule has 2 N–H and O–H groups in total. The minimum atomic E-state index is 0.0425. The quantitative estimate of drug-likeness (QED) is 0.809. The summed E-state index contributed by atoms with van der Waals surface area (Å²) in [5.41, 5.74) is 1.17. The Morgan fingerprint density at radius 1 is 1.19 bits per heavy atom. The second kappa shape index (κ2) is 7.03. The maximum Gasteiger partial charge on any atom is 0.274 e. The van der Waals surface area contributed by atoms with Gasteiger partial charge in [0.05, 0.1) is 5.69 Å². The number of aryl methyl sites for hydroxylation is 1. The zero-order valence-electron chi connectivity index (χ0n) is 16.3. The number of rotatable bonds is 5. The minimum absolute atomic E-state index is 0.0425. The molecule has 0 radical (unpaired) electrons. The van der Waals surface area contributed by atoms with Gasteiger partial charge in [-0.1, -0.05) is 11.3 Å². The first kappa shape index (κ1) is 17.9. The number of hydrogen-bond donors (Lipinski definition) is 2. The third-order valence-corrected chi connectivity index (χ3v) is 8.37. The molecule has 0 unspecified atom stereocenters. The number of aromatic nitrogens is 1. The summed E-state index contributed by atoms with van der Waals surface area (Å²) in [6, 6.07) is 0. The third kappa shape index (κ3) is 3.63. The van der Waals surface area contributed by atoms with Crippen LogP contribution in [0.2, 0.25) is 0 Å². The molecular weight excluding hydrogens is 358 g/mol. The standard InChI is InChI=1S/C21H31N3O2S/c1-13-18(27-20(24-13)26-17-2-4-22-5-3-17)19(25)23-12-21-9-14-6-15(10-21)8-16(7-14)11-21/h14-17,22H,2-12H2,1H3,(H,23,25). The molecule has 4 bridgehead atoms. The van der Waals surface area contributed by atoms with Crippen molar-refractivity contribution >= 4 is 17.2 Å². The van der Waals surface area contributed by atoms with Crippen LogP contribution in [0.4, 0.5) is 0 Å². The van der Waals surface area contributed by atoms with Crippen molar-refractivity contribution in [1.29, 1.82) is 0 Å². The SMILES string of the molecule is Cc1nc(OC2CCNCC2)sc1C(=O)NCC12CC3CC(CC(C3)C1)C2. The number of piperidine rings is 1. The fourth-order valence-electron chi connectivity index (χ4n) is 6.54. The largest absolute Gasteiger partial charge is 0.467 e. The predicted molar refractivity (Wildman–Crippen MR) is 106 cm³/mol. The Labute approximate surface area is 165 Å². The van der Waals surface area contributed by atoms with Crippen LogP contribution < -0.4 is 15.4 Å². The highest BCUT2D eigenvalue weighted by molar-refractivity contribution is 7.15. The smallest absolute Gasteiger partial charge is 0.274 e. The molecule has 1 aromatic rings. The molecule has 1 aliphatic heterocycles. The van der Waals surface area contributed by atoms with Crippen molar-refractivity contribution in [2.75, 3.05) is 19.6 Å². The predicted octanol–water partition coefficient (Wildman–Crippen LogP) is 3.53. The van der Waals surface area contributed by atoms with E-state index < -0.39 is 0 Å². The first-order valence-electron chi connectivity index (χ1n) is 10.7. The van der Waals surface area contributed by atoms with Crippen LogP contribution >= 0.6 is 11.3 Å².